The van der Waals surface area contributed by atoms with Gasteiger partial charge >= 0.3 is 12.1 Å². The molecule has 1 heterocycles. The van der Waals surface area contributed by atoms with E-state index in [1.165, 1.54) is 0 Å². The van der Waals surface area contributed by atoms with Gasteiger partial charge in [0.1, 0.15) is 5.82 Å². The molecule has 0 atom stereocenters. The van der Waals surface area contributed by atoms with Crippen molar-refractivity contribution in [2.45, 2.75) is 6.18 Å². The average Bonchev–Trinajstić information content (AvgIpc) is 2.67. The molecule has 158 valence electrons. The summed E-state index contributed by atoms with van der Waals surface area (Å²) >= 11 is 0. The number of rotatable bonds is 4. The second-order valence-corrected chi connectivity index (χ2v) is 6.15. The van der Waals surface area contributed by atoms with Crippen LogP contribution in [-0.4, -0.2) is 47.2 Å². The Morgan fingerprint density at radius 1 is 1.03 bits per heavy atom. The predicted molar refractivity (Wildman–Crippen MR) is 106 cm³/mol. The number of hydrogen-bond acceptors (Lipinski definition) is 6. The molecule has 30 heavy (non-hydrogen) atoms. The topological polar surface area (TPSA) is 121 Å². The zero-order valence-electron chi connectivity index (χ0n) is 15.9. The molecule has 0 bridgehead atoms. The molecule has 0 aliphatic heterocycles. The van der Waals surface area contributed by atoms with Crippen LogP contribution >= 0.6 is 0 Å². The van der Waals surface area contributed by atoms with Gasteiger partial charge in [0.2, 0.25) is 11.9 Å². The lowest BCUT2D eigenvalue weighted by Crippen LogP contribution is -2.21. The molecule has 0 radical (unpaired) electrons. The highest BCUT2D eigenvalue weighted by molar-refractivity contribution is 5.93. The minimum Gasteiger partial charge on any atom is -0.475 e. The fourth-order valence-electron chi connectivity index (χ4n) is 2.30. The van der Waals surface area contributed by atoms with Gasteiger partial charge in [-0.15, -0.1) is 0 Å². The van der Waals surface area contributed by atoms with Gasteiger partial charge in [-0.3, -0.25) is 4.79 Å². The van der Waals surface area contributed by atoms with Gasteiger partial charge < -0.3 is 21.1 Å². The second-order valence-electron chi connectivity index (χ2n) is 6.15. The number of halogens is 3. The highest BCUT2D eigenvalue weighted by Gasteiger charge is 2.38. The van der Waals surface area contributed by atoms with Crippen molar-refractivity contribution in [3.8, 4) is 0 Å². The molecule has 0 spiro atoms. The van der Waals surface area contributed by atoms with Crippen molar-refractivity contribution in [2.75, 3.05) is 24.3 Å². The molecule has 0 aliphatic rings. The lowest BCUT2D eigenvalue weighted by Gasteiger charge is -2.15. The number of alkyl halides is 3. The van der Waals surface area contributed by atoms with E-state index in [4.69, 9.17) is 15.6 Å². The number of nitrogens with two attached hydrogens (primary N) is 1. The summed E-state index contributed by atoms with van der Waals surface area (Å²) in [6, 6.07) is 14.7. The van der Waals surface area contributed by atoms with Crippen molar-refractivity contribution in [2.24, 2.45) is 5.73 Å². The van der Waals surface area contributed by atoms with E-state index in [1.54, 1.807) is 24.3 Å². The van der Waals surface area contributed by atoms with E-state index in [9.17, 15) is 18.0 Å². The predicted octanol–water partition coefficient (Wildman–Crippen LogP) is 3.17. The van der Waals surface area contributed by atoms with Crippen LogP contribution in [0.25, 0.3) is 10.9 Å². The number of carboxylic acids is 1. The van der Waals surface area contributed by atoms with E-state index >= 15 is 0 Å². The van der Waals surface area contributed by atoms with E-state index in [0.29, 0.717) is 11.5 Å². The van der Waals surface area contributed by atoms with E-state index in [-0.39, 0.29) is 0 Å². The first-order valence-corrected chi connectivity index (χ1v) is 8.40. The van der Waals surface area contributed by atoms with Crippen LogP contribution in [0.5, 0.6) is 0 Å². The fraction of sp³-hybridized carbons (Fsp3) is 0.158. The number of hydrogen-bond donors (Lipinski definition) is 3. The highest BCUT2D eigenvalue weighted by Crippen LogP contribution is 2.25. The molecular formula is C19H18F3N5O3. The highest BCUT2D eigenvalue weighted by atomic mass is 19.4. The third-order valence-electron chi connectivity index (χ3n) is 3.67. The van der Waals surface area contributed by atoms with Crippen LogP contribution in [0.2, 0.25) is 0 Å². The number of carboxylic acid groups (broad SMARTS) is 1. The van der Waals surface area contributed by atoms with Crippen LogP contribution in [0.3, 0.4) is 0 Å². The molecule has 1 aromatic heterocycles. The largest absolute Gasteiger partial charge is 0.490 e. The second kappa shape index (κ2) is 9.07. The molecule has 11 heteroatoms. The first kappa shape index (κ1) is 22.4. The standard InChI is InChI=1S/C17H17N5O.C2HF3O2/c1-22(2)16-13-5-3-4-6-14(13)20-17(21-16)19-12-9-7-11(8-10-12)15(18)23;3-2(4,5)1(6)7/h3-10H,1-2H3,(H2,18,23)(H,19,20,21);(H,6,7). The quantitative estimate of drug-likeness (QED) is 0.592. The number of fused-ring (bicyclic) bond motifs is 1. The zero-order chi connectivity index (χ0) is 22.5. The number of aliphatic carboxylic acids is 1. The molecular weight excluding hydrogens is 403 g/mol. The van der Waals surface area contributed by atoms with Gasteiger partial charge in [-0.1, -0.05) is 12.1 Å². The van der Waals surface area contributed by atoms with E-state index in [2.05, 4.69) is 15.3 Å². The number of anilines is 3. The van der Waals surface area contributed by atoms with Crippen LogP contribution in [0.1, 0.15) is 10.4 Å². The number of primary amides is 1. The summed E-state index contributed by atoms with van der Waals surface area (Å²) in [7, 11) is 3.89. The normalized spacial score (nSPS) is 10.7. The third-order valence-corrected chi connectivity index (χ3v) is 3.67. The molecule has 0 fully saturated rings. The Labute approximate surface area is 169 Å². The summed E-state index contributed by atoms with van der Waals surface area (Å²) in [5, 5.41) is 11.3. The van der Waals surface area contributed by atoms with Crippen LogP contribution in [0.4, 0.5) is 30.6 Å². The molecule has 4 N–H and O–H groups in total. The Morgan fingerprint density at radius 2 is 1.60 bits per heavy atom. The Kier molecular flexibility index (Phi) is 6.77. The van der Waals surface area contributed by atoms with Crippen LogP contribution in [0, 0.1) is 0 Å². The maximum Gasteiger partial charge on any atom is 0.490 e. The number of carbonyl (C=O) groups excluding carboxylic acids is 1. The van der Waals surface area contributed by atoms with E-state index < -0.39 is 18.1 Å². The molecule has 0 aliphatic carbocycles. The molecule has 3 rings (SSSR count). The van der Waals surface area contributed by atoms with Crippen LogP contribution < -0.4 is 16.0 Å². The van der Waals surface area contributed by atoms with Gasteiger partial charge in [0.25, 0.3) is 0 Å². The average molecular weight is 421 g/mol. The van der Waals surface area contributed by atoms with E-state index in [0.717, 1.165) is 22.4 Å². The number of nitrogens with one attached hydrogen (secondary N) is 1. The maximum atomic E-state index is 11.1. The first-order chi connectivity index (χ1) is 14.0. The summed E-state index contributed by atoms with van der Waals surface area (Å²) in [6.45, 7) is 0. The number of para-hydroxylation sites is 1. The summed E-state index contributed by atoms with van der Waals surface area (Å²) < 4.78 is 31.7. The molecule has 8 nitrogen and oxygen atoms in total. The summed E-state index contributed by atoms with van der Waals surface area (Å²) in [5.41, 5.74) is 7.35. The number of benzene rings is 2. The first-order valence-electron chi connectivity index (χ1n) is 8.40. The summed E-state index contributed by atoms with van der Waals surface area (Å²) in [4.78, 5) is 31.0. The molecule has 0 saturated carbocycles. The van der Waals surface area contributed by atoms with Crippen molar-refractivity contribution >= 4 is 40.2 Å². The number of aromatic nitrogens is 2. The van der Waals surface area contributed by atoms with Gasteiger partial charge in [0, 0.05) is 30.7 Å². The Morgan fingerprint density at radius 3 is 2.10 bits per heavy atom. The van der Waals surface area contributed by atoms with E-state index in [1.807, 2.05) is 43.3 Å². The lowest BCUT2D eigenvalue weighted by atomic mass is 10.2. The van der Waals surface area contributed by atoms with Crippen LogP contribution in [-0.2, 0) is 4.79 Å². The summed E-state index contributed by atoms with van der Waals surface area (Å²) in [5.74, 6) is -1.87. The number of amides is 1. The van der Waals surface area contributed by atoms with Crippen LogP contribution in [0.15, 0.2) is 48.5 Å². The van der Waals surface area contributed by atoms with Crippen molar-refractivity contribution in [3.63, 3.8) is 0 Å². The molecule has 2 aromatic carbocycles. The Bertz CT molecular complexity index is 1050. The van der Waals surface area contributed by atoms with Crippen molar-refractivity contribution in [3.05, 3.63) is 54.1 Å². The molecule has 0 unspecified atom stereocenters. The van der Waals surface area contributed by atoms with Crippen molar-refractivity contribution in [1.29, 1.82) is 0 Å². The third kappa shape index (κ3) is 5.80. The lowest BCUT2D eigenvalue weighted by molar-refractivity contribution is -0.192. The van der Waals surface area contributed by atoms with Gasteiger partial charge in [0.15, 0.2) is 0 Å². The van der Waals surface area contributed by atoms with Gasteiger partial charge in [-0.05, 0) is 36.4 Å². The van der Waals surface area contributed by atoms with Gasteiger partial charge in [-0.25, -0.2) is 9.78 Å². The fourth-order valence-corrected chi connectivity index (χ4v) is 2.30. The minimum atomic E-state index is -5.08. The maximum absolute atomic E-state index is 11.1. The Balaban J connectivity index is 0.000000396. The summed E-state index contributed by atoms with van der Waals surface area (Å²) in [6.07, 6.45) is -5.08. The van der Waals surface area contributed by atoms with Gasteiger partial charge in [-0.2, -0.15) is 18.2 Å². The molecule has 1 amide bonds. The monoisotopic (exact) mass is 421 g/mol. The van der Waals surface area contributed by atoms with Crippen molar-refractivity contribution in [1.82, 2.24) is 9.97 Å². The molecule has 0 saturated heterocycles. The number of carbonyl (C=O) groups is 2. The van der Waals surface area contributed by atoms with Gasteiger partial charge in [0.05, 0.1) is 5.52 Å². The zero-order valence-corrected chi connectivity index (χ0v) is 15.9. The SMILES string of the molecule is CN(C)c1nc(Nc2ccc(C(N)=O)cc2)nc2ccccc12.O=C(O)C(F)(F)F. The number of nitrogens with zero attached hydrogens (tertiary/aromatic N) is 3. The minimum absolute atomic E-state index is 0.451. The smallest absolute Gasteiger partial charge is 0.475 e. The van der Waals surface area contributed by atoms with Crippen molar-refractivity contribution < 1.29 is 27.9 Å². The Hall–Kier alpha value is -3.89. The molecule has 3 aromatic rings.